The summed E-state index contributed by atoms with van der Waals surface area (Å²) in [6.45, 7) is 2.88. The molecule has 0 bridgehead atoms. The predicted octanol–water partition coefficient (Wildman–Crippen LogP) is 6.81. The van der Waals surface area contributed by atoms with Crippen molar-refractivity contribution in [2.24, 2.45) is 0 Å². The van der Waals surface area contributed by atoms with Crippen LogP contribution in [-0.2, 0) is 0 Å². The van der Waals surface area contributed by atoms with Crippen LogP contribution in [0.1, 0.15) is 45.4 Å². The molecule has 29 heavy (non-hydrogen) atoms. The Morgan fingerprint density at radius 1 is 0.931 bits per heavy atom. The van der Waals surface area contributed by atoms with Crippen LogP contribution in [0, 0.1) is 0 Å². The van der Waals surface area contributed by atoms with E-state index in [9.17, 15) is 4.79 Å². The molecule has 150 valence electrons. The van der Waals surface area contributed by atoms with E-state index in [1.54, 1.807) is 17.4 Å². The van der Waals surface area contributed by atoms with Crippen molar-refractivity contribution in [3.63, 3.8) is 0 Å². The Balaban J connectivity index is 1.63. The maximum atomic E-state index is 12.4. The summed E-state index contributed by atoms with van der Waals surface area (Å²) in [5.74, 6) is 1.10. The van der Waals surface area contributed by atoms with Crippen LogP contribution in [-0.4, -0.2) is 11.6 Å². The number of aromatic nitrogens is 1. The van der Waals surface area contributed by atoms with Crippen molar-refractivity contribution in [3.05, 3.63) is 59.0 Å². The minimum Gasteiger partial charge on any atom is -0.491 e. The van der Waals surface area contributed by atoms with E-state index in [2.05, 4.69) is 18.0 Å². The van der Waals surface area contributed by atoms with Gasteiger partial charge >= 0.3 is 5.63 Å². The topological polar surface area (TPSA) is 52.3 Å². The standard InChI is InChI=1S/C24H25NO3S/c1-2-3-4-5-6-11-16-27-21-18-13-8-10-15-20(18)29-22(21)23-25-19-14-9-7-12-17(19)24(26)28-23/h7-10,12-15H,2-6,11,16H2,1H3. The zero-order chi connectivity index (χ0) is 20.1. The third-order valence-electron chi connectivity index (χ3n) is 5.02. The molecule has 0 spiro atoms. The Morgan fingerprint density at radius 2 is 1.66 bits per heavy atom. The number of para-hydroxylation sites is 1. The van der Waals surface area contributed by atoms with Gasteiger partial charge in [0.05, 0.1) is 17.5 Å². The van der Waals surface area contributed by atoms with E-state index in [1.165, 1.54) is 32.1 Å². The van der Waals surface area contributed by atoms with Crippen LogP contribution < -0.4 is 10.4 Å². The predicted molar refractivity (Wildman–Crippen MR) is 120 cm³/mol. The Labute approximate surface area is 174 Å². The van der Waals surface area contributed by atoms with Gasteiger partial charge in [-0.3, -0.25) is 0 Å². The first kappa shape index (κ1) is 19.6. The molecule has 0 unspecified atom stereocenters. The molecule has 4 aromatic rings. The fourth-order valence-corrected chi connectivity index (χ4v) is 4.55. The van der Waals surface area contributed by atoms with E-state index in [4.69, 9.17) is 9.15 Å². The summed E-state index contributed by atoms with van der Waals surface area (Å²) >= 11 is 1.55. The third kappa shape index (κ3) is 4.35. The third-order valence-corrected chi connectivity index (χ3v) is 6.16. The zero-order valence-corrected chi connectivity index (χ0v) is 17.5. The van der Waals surface area contributed by atoms with Gasteiger partial charge in [0.2, 0.25) is 5.89 Å². The fourth-order valence-electron chi connectivity index (χ4n) is 3.48. The summed E-state index contributed by atoms with van der Waals surface area (Å²) in [5, 5.41) is 1.53. The average Bonchev–Trinajstić information content (AvgIpc) is 3.12. The number of hydrogen-bond donors (Lipinski definition) is 0. The Kier molecular flexibility index (Phi) is 6.25. The van der Waals surface area contributed by atoms with Crippen molar-refractivity contribution in [2.75, 3.05) is 6.61 Å². The van der Waals surface area contributed by atoms with Crippen molar-refractivity contribution in [2.45, 2.75) is 45.4 Å². The van der Waals surface area contributed by atoms with E-state index in [1.807, 2.05) is 36.4 Å². The molecule has 0 amide bonds. The highest BCUT2D eigenvalue weighted by molar-refractivity contribution is 7.22. The zero-order valence-electron chi connectivity index (χ0n) is 16.6. The smallest absolute Gasteiger partial charge is 0.347 e. The quantitative estimate of drug-likeness (QED) is 0.286. The SMILES string of the molecule is CCCCCCCCOc1c(-c2nc3ccccc3c(=O)o2)sc2ccccc12. The lowest BCUT2D eigenvalue weighted by molar-refractivity contribution is 0.309. The van der Waals surface area contributed by atoms with Crippen LogP contribution in [0.2, 0.25) is 0 Å². The van der Waals surface area contributed by atoms with Crippen LogP contribution in [0.4, 0.5) is 0 Å². The monoisotopic (exact) mass is 407 g/mol. The van der Waals surface area contributed by atoms with Gasteiger partial charge in [-0.1, -0.05) is 63.3 Å². The molecular weight excluding hydrogens is 382 g/mol. The molecule has 0 aliphatic heterocycles. The molecule has 0 N–H and O–H groups in total. The van der Waals surface area contributed by atoms with Crippen LogP contribution in [0.5, 0.6) is 5.75 Å². The van der Waals surface area contributed by atoms with Gasteiger partial charge in [0.25, 0.3) is 0 Å². The number of benzene rings is 2. The Hall–Kier alpha value is -2.66. The molecule has 0 saturated heterocycles. The normalized spacial score (nSPS) is 11.3. The van der Waals surface area contributed by atoms with Crippen molar-refractivity contribution >= 4 is 32.3 Å². The van der Waals surface area contributed by atoms with Gasteiger partial charge in [-0.25, -0.2) is 9.78 Å². The van der Waals surface area contributed by atoms with E-state index >= 15 is 0 Å². The number of rotatable bonds is 9. The van der Waals surface area contributed by atoms with Crippen LogP contribution in [0.25, 0.3) is 31.8 Å². The molecule has 0 saturated carbocycles. The molecule has 2 aromatic heterocycles. The molecular formula is C24H25NO3S. The Morgan fingerprint density at radius 3 is 2.52 bits per heavy atom. The van der Waals surface area contributed by atoms with Crippen molar-refractivity contribution in [1.82, 2.24) is 4.98 Å². The minimum atomic E-state index is -0.370. The maximum Gasteiger partial charge on any atom is 0.347 e. The van der Waals surface area contributed by atoms with Crippen LogP contribution >= 0.6 is 11.3 Å². The highest BCUT2D eigenvalue weighted by Crippen LogP contribution is 2.43. The lowest BCUT2D eigenvalue weighted by atomic mass is 10.1. The number of fused-ring (bicyclic) bond motifs is 2. The molecule has 5 heteroatoms. The first-order valence-corrected chi connectivity index (χ1v) is 11.1. The number of nitrogens with zero attached hydrogens (tertiary/aromatic N) is 1. The molecule has 2 heterocycles. The van der Waals surface area contributed by atoms with E-state index in [0.29, 0.717) is 23.4 Å². The molecule has 0 atom stereocenters. The molecule has 4 nitrogen and oxygen atoms in total. The molecule has 2 aromatic carbocycles. The van der Waals surface area contributed by atoms with Crippen molar-refractivity contribution in [1.29, 1.82) is 0 Å². The summed E-state index contributed by atoms with van der Waals surface area (Å²) in [6, 6.07) is 15.4. The maximum absolute atomic E-state index is 12.4. The number of unbranched alkanes of at least 4 members (excludes halogenated alkanes) is 5. The summed E-state index contributed by atoms with van der Waals surface area (Å²) < 4.78 is 12.9. The molecule has 0 aliphatic carbocycles. The van der Waals surface area contributed by atoms with Gasteiger partial charge in [-0.2, -0.15) is 0 Å². The van der Waals surface area contributed by atoms with E-state index < -0.39 is 0 Å². The average molecular weight is 408 g/mol. The molecule has 0 fully saturated rings. The fraction of sp³-hybridized carbons (Fsp3) is 0.333. The van der Waals surface area contributed by atoms with Gasteiger partial charge in [-0.15, -0.1) is 11.3 Å². The van der Waals surface area contributed by atoms with Crippen molar-refractivity contribution < 1.29 is 9.15 Å². The van der Waals surface area contributed by atoms with Gasteiger partial charge in [0, 0.05) is 10.1 Å². The van der Waals surface area contributed by atoms with Crippen LogP contribution in [0.15, 0.2) is 57.7 Å². The summed E-state index contributed by atoms with van der Waals surface area (Å²) in [6.07, 6.45) is 7.27. The lowest BCUT2D eigenvalue weighted by Gasteiger charge is -2.08. The molecule has 4 rings (SSSR count). The number of hydrogen-bond acceptors (Lipinski definition) is 5. The highest BCUT2D eigenvalue weighted by atomic mass is 32.1. The summed E-state index contributed by atoms with van der Waals surface area (Å²) in [7, 11) is 0. The molecule has 0 aliphatic rings. The Bertz CT molecular complexity index is 1160. The summed E-state index contributed by atoms with van der Waals surface area (Å²) in [5.41, 5.74) is 0.267. The number of thiophene rings is 1. The van der Waals surface area contributed by atoms with Gasteiger partial charge in [-0.05, 0) is 30.7 Å². The lowest BCUT2D eigenvalue weighted by Crippen LogP contribution is -2.03. The second-order valence-electron chi connectivity index (χ2n) is 7.20. The second-order valence-corrected chi connectivity index (χ2v) is 8.25. The number of ether oxygens (including phenoxy) is 1. The first-order valence-electron chi connectivity index (χ1n) is 10.3. The largest absolute Gasteiger partial charge is 0.491 e. The second kappa shape index (κ2) is 9.23. The van der Waals surface area contributed by atoms with Gasteiger partial charge in [0.1, 0.15) is 4.88 Å². The van der Waals surface area contributed by atoms with Gasteiger partial charge < -0.3 is 9.15 Å². The first-order chi connectivity index (χ1) is 14.3. The van der Waals surface area contributed by atoms with Crippen LogP contribution in [0.3, 0.4) is 0 Å². The van der Waals surface area contributed by atoms with E-state index in [0.717, 1.165) is 27.1 Å². The van der Waals surface area contributed by atoms with Crippen molar-refractivity contribution in [3.8, 4) is 16.5 Å². The van der Waals surface area contributed by atoms with E-state index in [-0.39, 0.29) is 5.63 Å². The minimum absolute atomic E-state index is 0.327. The van der Waals surface area contributed by atoms with Gasteiger partial charge in [0.15, 0.2) is 5.75 Å². The highest BCUT2D eigenvalue weighted by Gasteiger charge is 2.19. The summed E-state index contributed by atoms with van der Waals surface area (Å²) in [4.78, 5) is 17.8. The molecule has 0 radical (unpaired) electrons.